The van der Waals surface area contributed by atoms with Gasteiger partial charge in [-0.2, -0.15) is 0 Å². The van der Waals surface area contributed by atoms with Crippen LogP contribution in [0.5, 0.6) is 0 Å². The molecule has 1 aromatic heterocycles. The molecule has 2 aliphatic heterocycles. The van der Waals surface area contributed by atoms with Crippen LogP contribution in [0.4, 0.5) is 5.13 Å². The molecule has 13 heteroatoms. The Morgan fingerprint density at radius 3 is 2.97 bits per heavy atom. The van der Waals surface area contributed by atoms with Crippen LogP contribution in [-0.2, 0) is 24.0 Å². The average Bonchev–Trinajstić information content (AvgIpc) is 3.17. The standard InChI is InChI=1S/C17H21N5O6S2/c1-3-4-28-21-10(9-5-29-16(19-9)18-8-23)12(24)20-11-13(25)22-6-17(2,15(26)27)7-30-14(11)22/h5,8,11,14H,3-4,6-7H2,1-2H3,(H,20,24)(H,26,27)(H,18,19,23)/t11?,14-,17?/m1/s1. The summed E-state index contributed by atoms with van der Waals surface area (Å²) in [4.78, 5) is 58.1. The maximum absolute atomic E-state index is 12.8. The zero-order chi connectivity index (χ0) is 21.9. The van der Waals surface area contributed by atoms with Crippen LogP contribution in [0.25, 0.3) is 0 Å². The number of carbonyl (C=O) groups is 4. The largest absolute Gasteiger partial charge is 0.481 e. The summed E-state index contributed by atoms with van der Waals surface area (Å²) in [5.74, 6) is -1.61. The van der Waals surface area contributed by atoms with Gasteiger partial charge in [-0.15, -0.1) is 23.1 Å². The molecular weight excluding hydrogens is 434 g/mol. The number of carboxylic acids is 1. The Morgan fingerprint density at radius 1 is 1.53 bits per heavy atom. The monoisotopic (exact) mass is 455 g/mol. The van der Waals surface area contributed by atoms with Crippen molar-refractivity contribution >= 4 is 58.1 Å². The van der Waals surface area contributed by atoms with Crippen molar-refractivity contribution in [2.75, 3.05) is 24.2 Å². The Morgan fingerprint density at radius 2 is 2.30 bits per heavy atom. The molecule has 0 bridgehead atoms. The molecule has 0 aliphatic carbocycles. The number of thiazole rings is 1. The van der Waals surface area contributed by atoms with E-state index in [0.717, 1.165) is 11.3 Å². The van der Waals surface area contributed by atoms with E-state index in [4.69, 9.17) is 4.84 Å². The number of carbonyl (C=O) groups excluding carboxylic acids is 3. The van der Waals surface area contributed by atoms with Gasteiger partial charge in [0.15, 0.2) is 10.8 Å². The highest BCUT2D eigenvalue weighted by Crippen LogP contribution is 2.41. The van der Waals surface area contributed by atoms with Gasteiger partial charge in [0.1, 0.15) is 23.7 Å². The molecule has 3 amide bonds. The molecule has 3 atom stereocenters. The number of aliphatic carboxylic acids is 1. The SMILES string of the molecule is CCCON=C(C(=O)NC1C(=O)N2CC(C)(C(=O)O)CS[C@H]12)c1csc(NC=O)n1. The average molecular weight is 456 g/mol. The second kappa shape index (κ2) is 9.00. The summed E-state index contributed by atoms with van der Waals surface area (Å²) in [6.45, 7) is 3.87. The Kier molecular flexibility index (Phi) is 6.61. The smallest absolute Gasteiger partial charge is 0.312 e. The van der Waals surface area contributed by atoms with Gasteiger partial charge in [-0.25, -0.2) is 4.98 Å². The van der Waals surface area contributed by atoms with E-state index >= 15 is 0 Å². The minimum atomic E-state index is -1.02. The molecule has 3 heterocycles. The van der Waals surface area contributed by atoms with Crippen molar-refractivity contribution in [1.82, 2.24) is 15.2 Å². The van der Waals surface area contributed by atoms with Gasteiger partial charge in [0.2, 0.25) is 12.3 Å². The fourth-order valence-corrected chi connectivity index (χ4v) is 5.09. The summed E-state index contributed by atoms with van der Waals surface area (Å²) >= 11 is 2.43. The van der Waals surface area contributed by atoms with Gasteiger partial charge in [0.05, 0.1) is 5.41 Å². The predicted octanol–water partition coefficient (Wildman–Crippen LogP) is 0.333. The number of β-lactam (4-membered cyclic amide) rings is 1. The number of carboxylic acid groups (broad SMARTS) is 1. The molecule has 0 radical (unpaired) electrons. The van der Waals surface area contributed by atoms with Gasteiger partial charge in [0.25, 0.3) is 5.91 Å². The summed E-state index contributed by atoms with van der Waals surface area (Å²) in [5, 5.41) is 19.8. The van der Waals surface area contributed by atoms with Crippen molar-refractivity contribution in [3.05, 3.63) is 11.1 Å². The Labute approximate surface area is 180 Å². The van der Waals surface area contributed by atoms with Gasteiger partial charge in [-0.1, -0.05) is 12.1 Å². The fraction of sp³-hybridized carbons (Fsp3) is 0.529. The first kappa shape index (κ1) is 22.0. The Bertz CT molecular complexity index is 890. The lowest BCUT2D eigenvalue weighted by Gasteiger charge is -2.53. The highest BCUT2D eigenvalue weighted by molar-refractivity contribution is 8.00. The van der Waals surface area contributed by atoms with E-state index in [0.29, 0.717) is 25.2 Å². The summed E-state index contributed by atoms with van der Waals surface area (Å²) in [7, 11) is 0. The molecule has 2 aliphatic rings. The van der Waals surface area contributed by atoms with Crippen LogP contribution in [0.1, 0.15) is 26.0 Å². The highest BCUT2D eigenvalue weighted by Gasteiger charge is 2.56. The first-order valence-corrected chi connectivity index (χ1v) is 11.1. The van der Waals surface area contributed by atoms with Crippen molar-refractivity contribution in [2.24, 2.45) is 10.6 Å². The lowest BCUT2D eigenvalue weighted by atomic mass is 9.89. The van der Waals surface area contributed by atoms with Crippen LogP contribution < -0.4 is 10.6 Å². The van der Waals surface area contributed by atoms with Crippen molar-refractivity contribution in [3.63, 3.8) is 0 Å². The van der Waals surface area contributed by atoms with Gasteiger partial charge in [-0.05, 0) is 13.3 Å². The van der Waals surface area contributed by atoms with E-state index in [1.165, 1.54) is 16.7 Å². The number of anilines is 1. The van der Waals surface area contributed by atoms with Crippen molar-refractivity contribution in [3.8, 4) is 0 Å². The van der Waals surface area contributed by atoms with Crippen LogP contribution in [0, 0.1) is 5.41 Å². The molecule has 2 fully saturated rings. The summed E-state index contributed by atoms with van der Waals surface area (Å²) in [6, 6.07) is -0.788. The second-order valence-electron chi connectivity index (χ2n) is 7.06. The molecule has 0 spiro atoms. The number of hydrogen-bond donors (Lipinski definition) is 3. The normalized spacial score (nSPS) is 25.7. The van der Waals surface area contributed by atoms with Crippen molar-refractivity contribution < 1.29 is 29.1 Å². The van der Waals surface area contributed by atoms with Crippen LogP contribution in [0.3, 0.4) is 0 Å². The van der Waals surface area contributed by atoms with Crippen LogP contribution in [0.2, 0.25) is 0 Å². The number of aromatic nitrogens is 1. The number of amides is 3. The van der Waals surface area contributed by atoms with E-state index in [1.54, 1.807) is 12.3 Å². The minimum absolute atomic E-state index is 0.0958. The number of nitrogens with one attached hydrogen (secondary N) is 2. The van der Waals surface area contributed by atoms with Crippen molar-refractivity contribution in [2.45, 2.75) is 31.7 Å². The number of hydrogen-bond acceptors (Lipinski definition) is 9. The Hall–Kier alpha value is -2.67. The molecule has 11 nitrogen and oxygen atoms in total. The predicted molar refractivity (Wildman–Crippen MR) is 110 cm³/mol. The van der Waals surface area contributed by atoms with Gasteiger partial charge in [0, 0.05) is 17.7 Å². The quantitative estimate of drug-likeness (QED) is 0.158. The summed E-state index contributed by atoms with van der Waals surface area (Å²) in [5.41, 5.74) is -0.924. The number of oxime groups is 1. The minimum Gasteiger partial charge on any atom is -0.481 e. The molecule has 3 rings (SSSR count). The molecular formula is C17H21N5O6S2. The molecule has 0 saturated carbocycles. The van der Waals surface area contributed by atoms with Gasteiger partial charge in [-0.3, -0.25) is 19.2 Å². The van der Waals surface area contributed by atoms with Crippen LogP contribution in [0.15, 0.2) is 10.5 Å². The van der Waals surface area contributed by atoms with E-state index in [2.05, 4.69) is 20.8 Å². The van der Waals surface area contributed by atoms with E-state index in [9.17, 15) is 24.3 Å². The molecule has 2 saturated heterocycles. The molecule has 162 valence electrons. The molecule has 2 unspecified atom stereocenters. The van der Waals surface area contributed by atoms with E-state index in [-0.39, 0.29) is 34.4 Å². The Balaban J connectivity index is 1.72. The third-order valence-electron chi connectivity index (χ3n) is 4.63. The van der Waals surface area contributed by atoms with Crippen LogP contribution in [-0.4, -0.2) is 75.2 Å². The van der Waals surface area contributed by atoms with E-state index in [1.807, 2.05) is 6.92 Å². The second-order valence-corrected chi connectivity index (χ2v) is 9.02. The lowest BCUT2D eigenvalue weighted by molar-refractivity contribution is -0.157. The van der Waals surface area contributed by atoms with Gasteiger partial charge < -0.3 is 25.5 Å². The van der Waals surface area contributed by atoms with Gasteiger partial charge >= 0.3 is 5.97 Å². The number of nitrogens with zero attached hydrogens (tertiary/aromatic N) is 3. The highest BCUT2D eigenvalue weighted by atomic mass is 32.2. The maximum atomic E-state index is 12.8. The number of rotatable bonds is 9. The molecule has 0 aromatic carbocycles. The maximum Gasteiger partial charge on any atom is 0.312 e. The number of thioether (sulfide) groups is 1. The third kappa shape index (κ3) is 4.26. The lowest BCUT2D eigenvalue weighted by Crippen LogP contribution is -2.73. The number of fused-ring (bicyclic) bond motifs is 1. The summed E-state index contributed by atoms with van der Waals surface area (Å²) < 4.78 is 0. The first-order chi connectivity index (χ1) is 14.3. The first-order valence-electron chi connectivity index (χ1n) is 9.13. The zero-order valence-electron chi connectivity index (χ0n) is 16.3. The molecule has 3 N–H and O–H groups in total. The molecule has 30 heavy (non-hydrogen) atoms. The summed E-state index contributed by atoms with van der Waals surface area (Å²) in [6.07, 6.45) is 1.16. The topological polar surface area (TPSA) is 150 Å². The van der Waals surface area contributed by atoms with Crippen molar-refractivity contribution in [1.29, 1.82) is 0 Å². The van der Waals surface area contributed by atoms with Crippen LogP contribution >= 0.6 is 23.1 Å². The third-order valence-corrected chi connectivity index (χ3v) is 7.08. The zero-order valence-corrected chi connectivity index (χ0v) is 17.9. The molecule has 1 aromatic rings. The van der Waals surface area contributed by atoms with E-state index < -0.39 is 23.3 Å². The fourth-order valence-electron chi connectivity index (χ4n) is 2.95.